The molecule has 128 valence electrons. The van der Waals surface area contributed by atoms with Crippen LogP contribution in [0, 0.1) is 0 Å². The van der Waals surface area contributed by atoms with Crippen molar-refractivity contribution in [1.82, 2.24) is 14.7 Å². The maximum atomic E-state index is 11.9. The van der Waals surface area contributed by atoms with Crippen molar-refractivity contribution < 1.29 is 14.3 Å². The van der Waals surface area contributed by atoms with E-state index < -0.39 is 0 Å². The van der Waals surface area contributed by atoms with E-state index in [4.69, 9.17) is 4.74 Å². The van der Waals surface area contributed by atoms with E-state index in [2.05, 4.69) is 10.3 Å². The van der Waals surface area contributed by atoms with E-state index in [9.17, 15) is 9.59 Å². The van der Waals surface area contributed by atoms with E-state index in [-0.39, 0.29) is 18.3 Å². The Morgan fingerprint density at radius 3 is 2.88 bits per heavy atom. The molecule has 2 aromatic heterocycles. The number of hydrogen-bond acceptors (Lipinski definition) is 4. The van der Waals surface area contributed by atoms with E-state index >= 15 is 0 Å². The van der Waals surface area contributed by atoms with Crippen LogP contribution in [0.4, 0.5) is 0 Å². The van der Waals surface area contributed by atoms with Crippen molar-refractivity contribution in [2.75, 3.05) is 13.2 Å². The third-order valence-corrected chi connectivity index (χ3v) is 3.73. The van der Waals surface area contributed by atoms with Crippen LogP contribution >= 0.6 is 0 Å². The van der Waals surface area contributed by atoms with Gasteiger partial charge in [0, 0.05) is 30.9 Å². The summed E-state index contributed by atoms with van der Waals surface area (Å²) in [6.07, 6.45) is 4.53. The van der Waals surface area contributed by atoms with Gasteiger partial charge in [0.25, 0.3) is 5.91 Å². The van der Waals surface area contributed by atoms with Crippen molar-refractivity contribution >= 4 is 17.3 Å². The largest absolute Gasteiger partial charge is 0.484 e. The number of ketones is 1. The number of nitrogens with zero attached hydrogens (tertiary/aromatic N) is 2. The average molecular weight is 337 g/mol. The summed E-state index contributed by atoms with van der Waals surface area (Å²) < 4.78 is 7.37. The van der Waals surface area contributed by atoms with Crippen molar-refractivity contribution in [3.63, 3.8) is 0 Å². The number of Topliss-reactive ketones (excluding diaryl/α,β-unsaturated/α-hetero) is 1. The monoisotopic (exact) mass is 337 g/mol. The number of carbonyl (C=O) groups excluding carboxylic acids is 2. The first-order valence-corrected chi connectivity index (χ1v) is 8.05. The van der Waals surface area contributed by atoms with Gasteiger partial charge in [-0.1, -0.05) is 18.2 Å². The topological polar surface area (TPSA) is 72.7 Å². The zero-order chi connectivity index (χ0) is 17.6. The van der Waals surface area contributed by atoms with Crippen LogP contribution in [0.1, 0.15) is 23.0 Å². The van der Waals surface area contributed by atoms with Crippen LogP contribution in [-0.2, 0) is 11.2 Å². The van der Waals surface area contributed by atoms with Crippen molar-refractivity contribution in [2.45, 2.75) is 13.3 Å². The Bertz CT molecular complexity index is 869. The maximum absolute atomic E-state index is 11.9. The van der Waals surface area contributed by atoms with Gasteiger partial charge in [0.05, 0.1) is 5.69 Å². The average Bonchev–Trinajstić information content (AvgIpc) is 3.03. The highest BCUT2D eigenvalue weighted by molar-refractivity contribution is 5.94. The SMILES string of the molecule is CC(=O)c1cccc(OCC(=O)NCCc2cn3ccccc3n2)c1. The normalized spacial score (nSPS) is 10.6. The molecule has 0 aliphatic rings. The van der Waals surface area contributed by atoms with E-state index in [1.165, 1.54) is 6.92 Å². The number of hydrogen-bond donors (Lipinski definition) is 1. The maximum Gasteiger partial charge on any atom is 0.257 e. The Morgan fingerprint density at radius 2 is 2.08 bits per heavy atom. The molecule has 0 atom stereocenters. The first-order chi connectivity index (χ1) is 12.1. The van der Waals surface area contributed by atoms with Crippen LogP contribution in [0.2, 0.25) is 0 Å². The minimum atomic E-state index is -0.211. The highest BCUT2D eigenvalue weighted by atomic mass is 16.5. The summed E-state index contributed by atoms with van der Waals surface area (Å²) >= 11 is 0. The molecular formula is C19H19N3O3. The molecule has 0 radical (unpaired) electrons. The van der Waals surface area contributed by atoms with Gasteiger partial charge in [0.2, 0.25) is 0 Å². The molecule has 0 unspecified atom stereocenters. The van der Waals surface area contributed by atoms with E-state index in [1.54, 1.807) is 24.3 Å². The predicted octanol–water partition coefficient (Wildman–Crippen LogP) is 2.27. The zero-order valence-corrected chi connectivity index (χ0v) is 13.9. The highest BCUT2D eigenvalue weighted by Crippen LogP contribution is 2.13. The van der Waals surface area contributed by atoms with E-state index in [0.29, 0.717) is 24.3 Å². The fraction of sp³-hybridized carbons (Fsp3) is 0.211. The molecule has 1 N–H and O–H groups in total. The number of pyridine rings is 1. The Labute approximate surface area is 145 Å². The number of ether oxygens (including phenoxy) is 1. The van der Waals surface area contributed by atoms with Crippen LogP contribution in [0.15, 0.2) is 54.9 Å². The molecule has 0 saturated carbocycles. The van der Waals surface area contributed by atoms with Crippen LogP contribution in [0.25, 0.3) is 5.65 Å². The molecular weight excluding hydrogens is 318 g/mol. The third kappa shape index (κ3) is 4.44. The van der Waals surface area contributed by atoms with Crippen molar-refractivity contribution in [2.24, 2.45) is 0 Å². The van der Waals surface area contributed by atoms with Gasteiger partial charge in [-0.2, -0.15) is 0 Å². The smallest absolute Gasteiger partial charge is 0.257 e. The summed E-state index contributed by atoms with van der Waals surface area (Å²) in [4.78, 5) is 27.7. The first-order valence-electron chi connectivity index (χ1n) is 8.05. The number of imidazole rings is 1. The second-order valence-electron chi connectivity index (χ2n) is 5.67. The number of aromatic nitrogens is 2. The van der Waals surface area contributed by atoms with Gasteiger partial charge in [0.15, 0.2) is 12.4 Å². The van der Waals surface area contributed by atoms with Gasteiger partial charge in [-0.25, -0.2) is 4.98 Å². The standard InChI is InChI=1S/C19H19N3O3/c1-14(23)15-5-4-6-17(11-15)25-13-19(24)20-9-8-16-12-22-10-3-2-7-18(22)21-16/h2-7,10-12H,8-9,13H2,1H3,(H,20,24). The summed E-state index contributed by atoms with van der Waals surface area (Å²) in [5.41, 5.74) is 2.36. The summed E-state index contributed by atoms with van der Waals surface area (Å²) in [6.45, 7) is 1.89. The minimum absolute atomic E-state index is 0.0395. The summed E-state index contributed by atoms with van der Waals surface area (Å²) in [5.74, 6) is 0.252. The molecule has 0 aliphatic heterocycles. The summed E-state index contributed by atoms with van der Waals surface area (Å²) in [6, 6.07) is 12.6. The summed E-state index contributed by atoms with van der Waals surface area (Å²) in [7, 11) is 0. The van der Waals surface area contributed by atoms with E-state index in [1.807, 2.05) is 35.0 Å². The van der Waals surface area contributed by atoms with Gasteiger partial charge < -0.3 is 14.5 Å². The van der Waals surface area contributed by atoms with Crippen molar-refractivity contribution in [3.8, 4) is 5.75 Å². The molecule has 3 aromatic rings. The van der Waals surface area contributed by atoms with Crippen molar-refractivity contribution in [3.05, 3.63) is 66.1 Å². The predicted molar refractivity (Wildman–Crippen MR) is 93.8 cm³/mol. The molecule has 6 heteroatoms. The first kappa shape index (κ1) is 16.7. The van der Waals surface area contributed by atoms with Crippen LogP contribution in [0.5, 0.6) is 5.75 Å². The molecule has 1 amide bonds. The second kappa shape index (κ2) is 7.61. The van der Waals surface area contributed by atoms with Gasteiger partial charge >= 0.3 is 0 Å². The fourth-order valence-electron chi connectivity index (χ4n) is 2.44. The molecule has 0 aliphatic carbocycles. The molecule has 1 aromatic carbocycles. The fourth-order valence-corrected chi connectivity index (χ4v) is 2.44. The summed E-state index contributed by atoms with van der Waals surface area (Å²) in [5, 5.41) is 2.80. The van der Waals surface area contributed by atoms with Gasteiger partial charge in [-0.3, -0.25) is 9.59 Å². The number of nitrogens with one attached hydrogen (secondary N) is 1. The molecule has 6 nitrogen and oxygen atoms in total. The Hall–Kier alpha value is -3.15. The Morgan fingerprint density at radius 1 is 1.20 bits per heavy atom. The van der Waals surface area contributed by atoms with Gasteiger partial charge in [-0.05, 0) is 31.2 Å². The minimum Gasteiger partial charge on any atom is -0.484 e. The molecule has 0 spiro atoms. The van der Waals surface area contributed by atoms with Crippen LogP contribution < -0.4 is 10.1 Å². The number of amides is 1. The van der Waals surface area contributed by atoms with Gasteiger partial charge in [-0.15, -0.1) is 0 Å². The van der Waals surface area contributed by atoms with Crippen molar-refractivity contribution in [1.29, 1.82) is 0 Å². The van der Waals surface area contributed by atoms with E-state index in [0.717, 1.165) is 11.3 Å². The Kier molecular flexibility index (Phi) is 5.09. The molecule has 3 rings (SSSR count). The lowest BCUT2D eigenvalue weighted by Crippen LogP contribution is -2.30. The second-order valence-corrected chi connectivity index (χ2v) is 5.67. The quantitative estimate of drug-likeness (QED) is 0.671. The number of fused-ring (bicyclic) bond motifs is 1. The molecule has 25 heavy (non-hydrogen) atoms. The Balaban J connectivity index is 1.45. The molecule has 2 heterocycles. The number of rotatable bonds is 7. The van der Waals surface area contributed by atoms with Crippen LogP contribution in [0.3, 0.4) is 0 Å². The lowest BCUT2D eigenvalue weighted by molar-refractivity contribution is -0.123. The molecule has 0 bridgehead atoms. The zero-order valence-electron chi connectivity index (χ0n) is 13.9. The third-order valence-electron chi connectivity index (χ3n) is 3.73. The van der Waals surface area contributed by atoms with Gasteiger partial charge in [0.1, 0.15) is 11.4 Å². The lowest BCUT2D eigenvalue weighted by Gasteiger charge is -2.07. The molecule has 0 saturated heterocycles. The highest BCUT2D eigenvalue weighted by Gasteiger charge is 2.06. The molecule has 0 fully saturated rings. The number of benzene rings is 1. The van der Waals surface area contributed by atoms with Crippen LogP contribution in [-0.4, -0.2) is 34.2 Å². The number of carbonyl (C=O) groups is 2. The lowest BCUT2D eigenvalue weighted by atomic mass is 10.1.